The molecule has 25 heavy (non-hydrogen) atoms. The Balaban J connectivity index is 1.85. The van der Waals surface area contributed by atoms with Gasteiger partial charge in [0.1, 0.15) is 0 Å². The van der Waals surface area contributed by atoms with Gasteiger partial charge in [-0.1, -0.05) is 23.7 Å². The van der Waals surface area contributed by atoms with Crippen LogP contribution in [0.15, 0.2) is 24.3 Å². The van der Waals surface area contributed by atoms with Crippen LogP contribution < -0.4 is 0 Å². The molecular formula is C17H19ClN2O5. The van der Waals surface area contributed by atoms with E-state index in [4.69, 9.17) is 21.4 Å². The summed E-state index contributed by atoms with van der Waals surface area (Å²) in [6.07, 6.45) is -0.932. The summed E-state index contributed by atoms with van der Waals surface area (Å²) in [7, 11) is 1.67. The lowest BCUT2D eigenvalue weighted by Crippen LogP contribution is -2.50. The number of nitrogens with zero attached hydrogens (tertiary/aromatic N) is 2. The highest BCUT2D eigenvalue weighted by molar-refractivity contribution is 6.30. The number of carbonyl (C=O) groups excluding carboxylic acids is 2. The maximum absolute atomic E-state index is 13.0. The summed E-state index contributed by atoms with van der Waals surface area (Å²) in [6.45, 7) is 0.477. The quantitative estimate of drug-likeness (QED) is 0.867. The van der Waals surface area contributed by atoms with Gasteiger partial charge < -0.3 is 19.6 Å². The number of rotatable bonds is 3. The number of benzene rings is 1. The van der Waals surface area contributed by atoms with Crippen molar-refractivity contribution < 1.29 is 24.2 Å². The van der Waals surface area contributed by atoms with E-state index < -0.39 is 24.0 Å². The third kappa shape index (κ3) is 3.48. The summed E-state index contributed by atoms with van der Waals surface area (Å²) < 4.78 is 5.16. The number of amides is 2. The second kappa shape index (κ2) is 7.01. The Kier molecular flexibility index (Phi) is 4.96. The number of aliphatic carboxylic acids is 1. The number of carboxylic acid groups (broad SMARTS) is 1. The molecule has 0 aromatic heterocycles. The van der Waals surface area contributed by atoms with E-state index in [2.05, 4.69) is 0 Å². The molecule has 2 aliphatic heterocycles. The van der Waals surface area contributed by atoms with Crippen LogP contribution in [0.5, 0.6) is 0 Å². The van der Waals surface area contributed by atoms with Gasteiger partial charge in [0, 0.05) is 25.0 Å². The molecule has 3 rings (SSSR count). The normalized spacial score (nSPS) is 26.8. The zero-order valence-corrected chi connectivity index (χ0v) is 14.5. The molecule has 2 fully saturated rings. The maximum Gasteiger partial charge on any atom is 0.334 e. The van der Waals surface area contributed by atoms with E-state index >= 15 is 0 Å². The van der Waals surface area contributed by atoms with E-state index in [1.54, 1.807) is 30.1 Å². The number of ether oxygens (including phenoxy) is 1. The predicted molar refractivity (Wildman–Crippen MR) is 89.0 cm³/mol. The molecule has 0 unspecified atom stereocenters. The van der Waals surface area contributed by atoms with Crippen LogP contribution in [0, 0.1) is 5.92 Å². The topological polar surface area (TPSA) is 87.2 Å². The molecular weight excluding hydrogens is 348 g/mol. The highest BCUT2D eigenvalue weighted by Gasteiger charge is 2.45. The van der Waals surface area contributed by atoms with Crippen molar-refractivity contribution in [3.05, 3.63) is 34.9 Å². The van der Waals surface area contributed by atoms with Gasteiger partial charge in [-0.05, 0) is 17.7 Å². The second-order valence-electron chi connectivity index (χ2n) is 6.30. The van der Waals surface area contributed by atoms with Gasteiger partial charge in [0.2, 0.25) is 11.8 Å². The third-order valence-electron chi connectivity index (χ3n) is 4.75. The number of halogens is 1. The molecule has 2 amide bonds. The molecule has 1 aromatic carbocycles. The SMILES string of the molecule is CN1C(=O)C[C@H](C(=O)N2CCO[C@@H](C(=O)O)C2)[C@H]1c1cccc(Cl)c1. The van der Waals surface area contributed by atoms with E-state index in [0.717, 1.165) is 5.56 Å². The monoisotopic (exact) mass is 366 g/mol. The highest BCUT2D eigenvalue weighted by atomic mass is 35.5. The Hall–Kier alpha value is -2.12. The average molecular weight is 367 g/mol. The Bertz CT molecular complexity index is 710. The summed E-state index contributed by atoms with van der Waals surface area (Å²) >= 11 is 6.06. The van der Waals surface area contributed by atoms with E-state index in [9.17, 15) is 14.4 Å². The molecule has 0 aliphatic carbocycles. The largest absolute Gasteiger partial charge is 0.479 e. The first kappa shape index (κ1) is 17.7. The van der Waals surface area contributed by atoms with Crippen molar-refractivity contribution in [2.24, 2.45) is 5.92 Å². The van der Waals surface area contributed by atoms with Crippen LogP contribution in [-0.4, -0.2) is 65.5 Å². The van der Waals surface area contributed by atoms with Gasteiger partial charge >= 0.3 is 5.97 Å². The molecule has 2 heterocycles. The number of likely N-dealkylation sites (tertiary alicyclic amines) is 1. The van der Waals surface area contributed by atoms with Gasteiger partial charge in [-0.25, -0.2) is 4.79 Å². The molecule has 3 atom stereocenters. The van der Waals surface area contributed by atoms with Crippen molar-refractivity contribution in [1.82, 2.24) is 9.80 Å². The van der Waals surface area contributed by atoms with Crippen LogP contribution in [0.3, 0.4) is 0 Å². The number of hydrogen-bond acceptors (Lipinski definition) is 4. The Morgan fingerprint density at radius 3 is 2.80 bits per heavy atom. The molecule has 2 aliphatic rings. The summed E-state index contributed by atoms with van der Waals surface area (Å²) in [6, 6.07) is 6.69. The first-order valence-electron chi connectivity index (χ1n) is 8.03. The standard InChI is InChI=1S/C17H19ClN2O5/c1-19-14(21)8-12(15(19)10-3-2-4-11(18)7-10)16(22)20-5-6-25-13(9-20)17(23)24/h2-4,7,12-13,15H,5-6,8-9H2,1H3,(H,23,24)/t12-,13+,15+/m0/s1. The first-order valence-corrected chi connectivity index (χ1v) is 8.40. The van der Waals surface area contributed by atoms with Crippen molar-refractivity contribution in [3.63, 3.8) is 0 Å². The third-order valence-corrected chi connectivity index (χ3v) is 4.98. The molecule has 0 spiro atoms. The molecule has 0 saturated carbocycles. The Morgan fingerprint density at radius 1 is 1.36 bits per heavy atom. The van der Waals surface area contributed by atoms with Crippen LogP contribution in [-0.2, 0) is 19.1 Å². The average Bonchev–Trinajstić information content (AvgIpc) is 2.89. The number of carbonyl (C=O) groups is 3. The minimum atomic E-state index is -1.09. The van der Waals surface area contributed by atoms with E-state index in [-0.39, 0.29) is 31.4 Å². The first-order chi connectivity index (χ1) is 11.9. The molecule has 0 bridgehead atoms. The highest BCUT2D eigenvalue weighted by Crippen LogP contribution is 2.39. The van der Waals surface area contributed by atoms with Gasteiger partial charge in [0.25, 0.3) is 0 Å². The lowest BCUT2D eigenvalue weighted by Gasteiger charge is -2.34. The van der Waals surface area contributed by atoms with Crippen molar-refractivity contribution in [1.29, 1.82) is 0 Å². The number of hydrogen-bond donors (Lipinski definition) is 1. The van der Waals surface area contributed by atoms with Gasteiger partial charge in [-0.3, -0.25) is 9.59 Å². The maximum atomic E-state index is 13.0. The molecule has 7 nitrogen and oxygen atoms in total. The second-order valence-corrected chi connectivity index (χ2v) is 6.73. The van der Waals surface area contributed by atoms with E-state index in [1.165, 1.54) is 4.90 Å². The number of morpholine rings is 1. The molecule has 134 valence electrons. The fraction of sp³-hybridized carbons (Fsp3) is 0.471. The molecule has 8 heteroatoms. The zero-order valence-electron chi connectivity index (χ0n) is 13.7. The fourth-order valence-corrected chi connectivity index (χ4v) is 3.67. The minimum Gasteiger partial charge on any atom is -0.479 e. The summed E-state index contributed by atoms with van der Waals surface area (Å²) in [5.74, 6) is -2.00. The lowest BCUT2D eigenvalue weighted by molar-refractivity contribution is -0.160. The van der Waals surface area contributed by atoms with E-state index in [0.29, 0.717) is 11.6 Å². The minimum absolute atomic E-state index is 0.00909. The van der Waals surface area contributed by atoms with Crippen LogP contribution in [0.25, 0.3) is 0 Å². The van der Waals surface area contributed by atoms with Crippen molar-refractivity contribution in [3.8, 4) is 0 Å². The molecule has 1 aromatic rings. The fourth-order valence-electron chi connectivity index (χ4n) is 3.47. The van der Waals surface area contributed by atoms with E-state index in [1.807, 2.05) is 6.07 Å². The van der Waals surface area contributed by atoms with Gasteiger partial charge in [-0.15, -0.1) is 0 Å². The van der Waals surface area contributed by atoms with Crippen LogP contribution in [0.4, 0.5) is 0 Å². The van der Waals surface area contributed by atoms with Crippen molar-refractivity contribution in [2.45, 2.75) is 18.6 Å². The van der Waals surface area contributed by atoms with Crippen molar-refractivity contribution in [2.75, 3.05) is 26.7 Å². The lowest BCUT2D eigenvalue weighted by atomic mass is 9.92. The van der Waals surface area contributed by atoms with Crippen molar-refractivity contribution >= 4 is 29.4 Å². The zero-order chi connectivity index (χ0) is 18.1. The summed E-state index contributed by atoms with van der Waals surface area (Å²) in [5.41, 5.74) is 0.794. The van der Waals surface area contributed by atoms with Gasteiger partial charge in [-0.2, -0.15) is 0 Å². The van der Waals surface area contributed by atoms with Crippen LogP contribution in [0.2, 0.25) is 5.02 Å². The number of carboxylic acids is 1. The van der Waals surface area contributed by atoms with Gasteiger partial charge in [0.15, 0.2) is 6.10 Å². The van der Waals surface area contributed by atoms with Crippen LogP contribution >= 0.6 is 11.6 Å². The molecule has 1 N–H and O–H groups in total. The Morgan fingerprint density at radius 2 is 2.12 bits per heavy atom. The van der Waals surface area contributed by atoms with Gasteiger partial charge in [0.05, 0.1) is 25.1 Å². The summed E-state index contributed by atoms with van der Waals surface area (Å²) in [5, 5.41) is 9.64. The predicted octanol–water partition coefficient (Wildman–Crippen LogP) is 1.17. The summed E-state index contributed by atoms with van der Waals surface area (Å²) in [4.78, 5) is 39.4. The molecule has 0 radical (unpaired) electrons. The Labute approximate surface area is 150 Å². The smallest absolute Gasteiger partial charge is 0.334 e. The van der Waals surface area contributed by atoms with Crippen LogP contribution in [0.1, 0.15) is 18.0 Å². The molecule has 2 saturated heterocycles.